The lowest BCUT2D eigenvalue weighted by atomic mass is 10.3. The molecule has 4 aromatic rings. The minimum Gasteiger partial charge on any atom is -0.357 e. The molecule has 10 heteroatoms. The molecule has 9 nitrogen and oxygen atoms in total. The second-order valence-electron chi connectivity index (χ2n) is 6.97. The van der Waals surface area contributed by atoms with Crippen LogP contribution < -0.4 is 0 Å². The maximum atomic E-state index is 12.9. The topological polar surface area (TPSA) is 115 Å². The number of para-hydroxylation sites is 2. The number of sulfonamides is 1. The van der Waals surface area contributed by atoms with Crippen LogP contribution in [0.25, 0.3) is 21.9 Å². The lowest BCUT2D eigenvalue weighted by Crippen LogP contribution is -2.51. The summed E-state index contributed by atoms with van der Waals surface area (Å²) in [7, 11) is -3.87. The van der Waals surface area contributed by atoms with Crippen molar-refractivity contribution in [3.8, 4) is 0 Å². The van der Waals surface area contributed by atoms with Gasteiger partial charge < -0.3 is 14.9 Å². The summed E-state index contributed by atoms with van der Waals surface area (Å²) in [5, 5.41) is 0.837. The Labute approximate surface area is 166 Å². The number of piperazine rings is 1. The van der Waals surface area contributed by atoms with Crippen molar-refractivity contribution in [2.24, 2.45) is 0 Å². The number of aromatic amines is 2. The van der Waals surface area contributed by atoms with E-state index in [2.05, 4.69) is 19.9 Å². The van der Waals surface area contributed by atoms with Gasteiger partial charge in [-0.15, -0.1) is 0 Å². The van der Waals surface area contributed by atoms with Crippen molar-refractivity contribution >= 4 is 37.9 Å². The number of nitrogens with one attached hydrogen (secondary N) is 2. The lowest BCUT2D eigenvalue weighted by Gasteiger charge is -2.32. The highest BCUT2D eigenvalue weighted by Gasteiger charge is 2.34. The van der Waals surface area contributed by atoms with Crippen LogP contribution in [0.1, 0.15) is 5.69 Å². The Morgan fingerprint density at radius 2 is 1.93 bits per heavy atom. The summed E-state index contributed by atoms with van der Waals surface area (Å²) >= 11 is 0. The Hall–Kier alpha value is -3.24. The van der Waals surface area contributed by atoms with Crippen molar-refractivity contribution in [3.05, 3.63) is 54.5 Å². The summed E-state index contributed by atoms with van der Waals surface area (Å²) in [6.07, 6.45) is 3.46. The number of hydrogen-bond acceptors (Lipinski definition) is 5. The second-order valence-corrected chi connectivity index (χ2v) is 8.82. The molecule has 4 heterocycles. The Balaban J connectivity index is 1.33. The molecule has 0 radical (unpaired) electrons. The molecule has 0 aliphatic carbocycles. The van der Waals surface area contributed by atoms with E-state index in [4.69, 9.17) is 0 Å². The SMILES string of the molecule is O=C1CN(S(=O)(=O)c2nc3ccccc3[nH]2)CCN1Cc1cc2cnccc2[nH]1. The molecule has 0 saturated carbocycles. The van der Waals surface area contributed by atoms with Crippen molar-refractivity contribution in [1.82, 2.24) is 29.1 Å². The fourth-order valence-corrected chi connectivity index (χ4v) is 4.86. The molecule has 0 spiro atoms. The monoisotopic (exact) mass is 410 g/mol. The van der Waals surface area contributed by atoms with E-state index < -0.39 is 10.0 Å². The van der Waals surface area contributed by atoms with Gasteiger partial charge in [0.1, 0.15) is 0 Å². The van der Waals surface area contributed by atoms with Crippen LogP contribution in [0.5, 0.6) is 0 Å². The van der Waals surface area contributed by atoms with Crippen LogP contribution in [0.15, 0.2) is 53.9 Å². The fraction of sp³-hybridized carbons (Fsp3) is 0.211. The molecule has 1 amide bonds. The lowest BCUT2D eigenvalue weighted by molar-refractivity contribution is -0.134. The standard InChI is InChI=1S/C19H18N6O3S/c26-18-12-25(29(27,28)19-22-16-3-1-2-4-17(16)23-19)8-7-24(18)11-14-9-13-10-20-6-5-15(13)21-14/h1-6,9-10,21H,7-8,11-12H2,(H,22,23). The molecule has 5 rings (SSSR count). The van der Waals surface area contributed by atoms with Gasteiger partial charge >= 0.3 is 0 Å². The molecule has 29 heavy (non-hydrogen) atoms. The Kier molecular flexibility index (Phi) is 4.10. The highest BCUT2D eigenvalue weighted by atomic mass is 32.2. The maximum absolute atomic E-state index is 12.9. The van der Waals surface area contributed by atoms with Crippen molar-refractivity contribution in [3.63, 3.8) is 0 Å². The largest absolute Gasteiger partial charge is 0.357 e. The van der Waals surface area contributed by atoms with Gasteiger partial charge in [0.05, 0.1) is 24.1 Å². The van der Waals surface area contributed by atoms with Crippen LogP contribution in [0.2, 0.25) is 0 Å². The third-order valence-electron chi connectivity index (χ3n) is 5.07. The molecule has 1 aliphatic heterocycles. The predicted molar refractivity (Wildman–Crippen MR) is 106 cm³/mol. The quantitative estimate of drug-likeness (QED) is 0.529. The van der Waals surface area contributed by atoms with Gasteiger partial charge in [-0.3, -0.25) is 9.78 Å². The molecule has 1 saturated heterocycles. The average Bonchev–Trinajstić information content (AvgIpc) is 3.33. The third-order valence-corrected chi connectivity index (χ3v) is 6.75. The number of hydrogen-bond donors (Lipinski definition) is 2. The number of benzene rings is 1. The second kappa shape index (κ2) is 6.68. The van der Waals surface area contributed by atoms with Crippen molar-refractivity contribution in [2.45, 2.75) is 11.7 Å². The molecule has 0 atom stereocenters. The number of carbonyl (C=O) groups is 1. The molecule has 1 fully saturated rings. The zero-order valence-corrected chi connectivity index (χ0v) is 16.2. The van der Waals surface area contributed by atoms with E-state index in [1.54, 1.807) is 41.6 Å². The molecular formula is C19H18N6O3S. The van der Waals surface area contributed by atoms with Crippen LogP contribution >= 0.6 is 0 Å². The van der Waals surface area contributed by atoms with Crippen LogP contribution in [-0.4, -0.2) is 63.1 Å². The Morgan fingerprint density at radius 3 is 2.72 bits per heavy atom. The summed E-state index contributed by atoms with van der Waals surface area (Å²) in [6, 6.07) is 10.9. The minimum absolute atomic E-state index is 0.136. The highest BCUT2D eigenvalue weighted by molar-refractivity contribution is 7.89. The van der Waals surface area contributed by atoms with Crippen LogP contribution in [0, 0.1) is 0 Å². The zero-order chi connectivity index (χ0) is 20.0. The molecule has 3 aromatic heterocycles. The van der Waals surface area contributed by atoms with E-state index in [1.165, 1.54) is 4.31 Å². The number of fused-ring (bicyclic) bond motifs is 2. The maximum Gasteiger partial charge on any atom is 0.277 e. The van der Waals surface area contributed by atoms with E-state index in [-0.39, 0.29) is 24.2 Å². The number of pyridine rings is 1. The molecular weight excluding hydrogens is 392 g/mol. The summed E-state index contributed by atoms with van der Waals surface area (Å²) in [6.45, 7) is 0.714. The number of nitrogens with zero attached hydrogens (tertiary/aromatic N) is 4. The third kappa shape index (κ3) is 3.15. The number of rotatable bonds is 4. The van der Waals surface area contributed by atoms with E-state index in [1.807, 2.05) is 12.1 Å². The summed E-state index contributed by atoms with van der Waals surface area (Å²) in [4.78, 5) is 28.7. The minimum atomic E-state index is -3.87. The Morgan fingerprint density at radius 1 is 1.07 bits per heavy atom. The normalized spacial score (nSPS) is 16.1. The molecule has 0 bridgehead atoms. The van der Waals surface area contributed by atoms with Gasteiger partial charge in [-0.25, -0.2) is 13.4 Å². The molecule has 1 aliphatic rings. The van der Waals surface area contributed by atoms with E-state index in [0.29, 0.717) is 24.1 Å². The first kappa shape index (κ1) is 17.8. The summed E-state index contributed by atoms with van der Waals surface area (Å²) < 4.78 is 27.0. The first-order valence-electron chi connectivity index (χ1n) is 9.15. The van der Waals surface area contributed by atoms with E-state index >= 15 is 0 Å². The van der Waals surface area contributed by atoms with E-state index in [9.17, 15) is 13.2 Å². The molecule has 1 aromatic carbocycles. The van der Waals surface area contributed by atoms with Crippen LogP contribution in [-0.2, 0) is 21.4 Å². The van der Waals surface area contributed by atoms with Crippen molar-refractivity contribution in [1.29, 1.82) is 0 Å². The average molecular weight is 410 g/mol. The van der Waals surface area contributed by atoms with Gasteiger partial charge in [0.15, 0.2) is 0 Å². The van der Waals surface area contributed by atoms with Crippen LogP contribution in [0.4, 0.5) is 0 Å². The van der Waals surface area contributed by atoms with Gasteiger partial charge in [0.2, 0.25) is 11.1 Å². The first-order valence-corrected chi connectivity index (χ1v) is 10.6. The first-order chi connectivity index (χ1) is 14.0. The number of carbonyl (C=O) groups excluding carboxylic acids is 1. The number of imidazole rings is 1. The Bertz CT molecular complexity index is 1260. The number of aromatic nitrogens is 4. The van der Waals surface area contributed by atoms with Gasteiger partial charge in [-0.05, 0) is 24.3 Å². The van der Waals surface area contributed by atoms with Gasteiger partial charge in [-0.2, -0.15) is 4.31 Å². The molecule has 148 valence electrons. The summed E-state index contributed by atoms with van der Waals surface area (Å²) in [5.74, 6) is -0.243. The molecule has 2 N–H and O–H groups in total. The van der Waals surface area contributed by atoms with Gasteiger partial charge in [-0.1, -0.05) is 12.1 Å². The van der Waals surface area contributed by atoms with E-state index in [0.717, 1.165) is 16.6 Å². The molecule has 0 unspecified atom stereocenters. The number of H-pyrrole nitrogens is 2. The van der Waals surface area contributed by atoms with Crippen molar-refractivity contribution in [2.75, 3.05) is 19.6 Å². The highest BCUT2D eigenvalue weighted by Crippen LogP contribution is 2.21. The number of amides is 1. The zero-order valence-electron chi connectivity index (χ0n) is 15.4. The van der Waals surface area contributed by atoms with Gasteiger partial charge in [0.25, 0.3) is 10.0 Å². The summed E-state index contributed by atoms with van der Waals surface area (Å²) in [5.41, 5.74) is 3.05. The smallest absolute Gasteiger partial charge is 0.277 e. The van der Waals surface area contributed by atoms with Crippen LogP contribution in [0.3, 0.4) is 0 Å². The fourth-order valence-electron chi connectivity index (χ4n) is 3.56. The van der Waals surface area contributed by atoms with Gasteiger partial charge in [0, 0.05) is 42.1 Å². The predicted octanol–water partition coefficient (Wildman–Crippen LogP) is 1.47. The van der Waals surface area contributed by atoms with Crippen molar-refractivity contribution < 1.29 is 13.2 Å².